The SMILES string of the molecule is CC(C)C(NC(=O)CSc1nc2sccc2c(=O)n1C)c1ccccc1. The van der Waals surface area contributed by atoms with Crippen LogP contribution in [0.5, 0.6) is 0 Å². The van der Waals surface area contributed by atoms with Gasteiger partial charge in [0, 0.05) is 7.05 Å². The second kappa shape index (κ2) is 8.05. The first kappa shape index (κ1) is 18.7. The Labute approximate surface area is 160 Å². The molecule has 5 nitrogen and oxygen atoms in total. The molecular weight excluding hydrogens is 366 g/mol. The first-order valence-corrected chi connectivity index (χ1v) is 10.2. The van der Waals surface area contributed by atoms with E-state index in [1.165, 1.54) is 27.7 Å². The Morgan fingerprint density at radius 3 is 2.69 bits per heavy atom. The minimum atomic E-state index is -0.0801. The van der Waals surface area contributed by atoms with Crippen molar-refractivity contribution >= 4 is 39.2 Å². The molecule has 0 aliphatic carbocycles. The monoisotopic (exact) mass is 387 g/mol. The van der Waals surface area contributed by atoms with Gasteiger partial charge in [-0.15, -0.1) is 11.3 Å². The summed E-state index contributed by atoms with van der Waals surface area (Å²) in [5, 5.41) is 6.13. The lowest BCUT2D eigenvalue weighted by Gasteiger charge is -2.23. The molecule has 1 unspecified atom stereocenters. The fourth-order valence-corrected chi connectivity index (χ4v) is 4.34. The molecule has 0 aliphatic rings. The summed E-state index contributed by atoms with van der Waals surface area (Å²) in [6.07, 6.45) is 0. The van der Waals surface area contributed by atoms with Crippen molar-refractivity contribution in [2.24, 2.45) is 13.0 Å². The Hall–Kier alpha value is -2.12. The molecule has 26 heavy (non-hydrogen) atoms. The lowest BCUT2D eigenvalue weighted by Crippen LogP contribution is -2.33. The molecule has 3 rings (SSSR count). The van der Waals surface area contributed by atoms with Crippen LogP contribution < -0.4 is 10.9 Å². The first-order valence-electron chi connectivity index (χ1n) is 8.38. The van der Waals surface area contributed by atoms with E-state index in [0.717, 1.165) is 5.56 Å². The van der Waals surface area contributed by atoms with Crippen LogP contribution in [-0.2, 0) is 11.8 Å². The summed E-state index contributed by atoms with van der Waals surface area (Å²) in [6.45, 7) is 4.17. The molecule has 1 amide bonds. The van der Waals surface area contributed by atoms with Crippen molar-refractivity contribution in [2.45, 2.75) is 25.0 Å². The van der Waals surface area contributed by atoms with E-state index in [2.05, 4.69) is 24.1 Å². The van der Waals surface area contributed by atoms with E-state index in [-0.39, 0.29) is 29.2 Å². The number of aromatic nitrogens is 2. The quantitative estimate of drug-likeness (QED) is 0.518. The van der Waals surface area contributed by atoms with Gasteiger partial charge >= 0.3 is 0 Å². The molecule has 136 valence electrons. The minimum Gasteiger partial charge on any atom is -0.348 e. The predicted molar refractivity (Wildman–Crippen MR) is 108 cm³/mol. The third-order valence-corrected chi connectivity index (χ3v) is 5.97. The Bertz CT molecular complexity index is 964. The maximum absolute atomic E-state index is 12.5. The fourth-order valence-electron chi connectivity index (χ4n) is 2.75. The third-order valence-electron chi connectivity index (χ3n) is 4.14. The maximum atomic E-state index is 12.5. The number of carbonyl (C=O) groups excluding carboxylic acids is 1. The average Bonchev–Trinajstić information content (AvgIpc) is 3.10. The van der Waals surface area contributed by atoms with Gasteiger partial charge in [0.05, 0.1) is 17.2 Å². The summed E-state index contributed by atoms with van der Waals surface area (Å²) < 4.78 is 1.50. The standard InChI is InChI=1S/C19H21N3O2S2/c1-12(2)16(13-7-5-4-6-8-13)20-15(23)11-26-19-21-17-14(9-10-25-17)18(24)22(19)3/h4-10,12,16H,11H2,1-3H3,(H,20,23). The van der Waals surface area contributed by atoms with E-state index in [9.17, 15) is 9.59 Å². The van der Waals surface area contributed by atoms with Crippen LogP contribution in [0.25, 0.3) is 10.2 Å². The molecular formula is C19H21N3O2S2. The van der Waals surface area contributed by atoms with Crippen LogP contribution in [0.1, 0.15) is 25.5 Å². The van der Waals surface area contributed by atoms with Crippen LogP contribution in [0, 0.1) is 5.92 Å². The van der Waals surface area contributed by atoms with Gasteiger partial charge in [-0.3, -0.25) is 14.2 Å². The summed E-state index contributed by atoms with van der Waals surface area (Å²) in [7, 11) is 1.69. The van der Waals surface area contributed by atoms with Gasteiger partial charge in [0.15, 0.2) is 5.16 Å². The van der Waals surface area contributed by atoms with E-state index in [0.29, 0.717) is 15.4 Å². The smallest absolute Gasteiger partial charge is 0.262 e. The Balaban J connectivity index is 1.70. The summed E-state index contributed by atoms with van der Waals surface area (Å²) in [5.74, 6) is 0.419. The largest absolute Gasteiger partial charge is 0.348 e. The number of amides is 1. The van der Waals surface area contributed by atoms with Crippen molar-refractivity contribution in [3.63, 3.8) is 0 Å². The van der Waals surface area contributed by atoms with Gasteiger partial charge in [-0.05, 0) is 22.9 Å². The first-order chi connectivity index (χ1) is 12.5. The van der Waals surface area contributed by atoms with E-state index in [1.807, 2.05) is 35.7 Å². The number of thiophene rings is 1. The van der Waals surface area contributed by atoms with E-state index in [4.69, 9.17) is 0 Å². The number of carbonyl (C=O) groups is 1. The zero-order chi connectivity index (χ0) is 18.7. The van der Waals surface area contributed by atoms with Crippen LogP contribution in [0.3, 0.4) is 0 Å². The molecule has 0 saturated carbocycles. The van der Waals surface area contributed by atoms with Gasteiger partial charge in [-0.2, -0.15) is 0 Å². The lowest BCUT2D eigenvalue weighted by atomic mass is 9.96. The highest BCUT2D eigenvalue weighted by Crippen LogP contribution is 2.23. The number of hydrogen-bond acceptors (Lipinski definition) is 5. The second-order valence-corrected chi connectivity index (χ2v) is 8.22. The zero-order valence-corrected chi connectivity index (χ0v) is 16.6. The third kappa shape index (κ3) is 3.99. The number of benzene rings is 1. The summed E-state index contributed by atoms with van der Waals surface area (Å²) in [4.78, 5) is 30.0. The van der Waals surface area contributed by atoms with Crippen LogP contribution >= 0.6 is 23.1 Å². The van der Waals surface area contributed by atoms with Crippen molar-refractivity contribution in [2.75, 3.05) is 5.75 Å². The summed E-state index contributed by atoms with van der Waals surface area (Å²) >= 11 is 2.72. The predicted octanol–water partition coefficient (Wildman–Crippen LogP) is 3.60. The highest BCUT2D eigenvalue weighted by atomic mass is 32.2. The number of rotatable bonds is 6. The number of hydrogen-bond donors (Lipinski definition) is 1. The molecule has 7 heteroatoms. The molecule has 0 spiro atoms. The Morgan fingerprint density at radius 2 is 2.00 bits per heavy atom. The molecule has 1 N–H and O–H groups in total. The number of fused-ring (bicyclic) bond motifs is 1. The maximum Gasteiger partial charge on any atom is 0.262 e. The summed E-state index contributed by atoms with van der Waals surface area (Å²) in [5.41, 5.74) is 1.01. The van der Waals surface area contributed by atoms with Crippen molar-refractivity contribution in [1.29, 1.82) is 0 Å². The highest BCUT2D eigenvalue weighted by molar-refractivity contribution is 7.99. The van der Waals surface area contributed by atoms with Crippen molar-refractivity contribution in [3.8, 4) is 0 Å². The van der Waals surface area contributed by atoms with Gasteiger partial charge in [-0.25, -0.2) is 4.98 Å². The van der Waals surface area contributed by atoms with Gasteiger partial charge in [0.2, 0.25) is 5.91 Å². The Morgan fingerprint density at radius 1 is 1.27 bits per heavy atom. The lowest BCUT2D eigenvalue weighted by molar-refractivity contribution is -0.119. The number of nitrogens with zero attached hydrogens (tertiary/aromatic N) is 2. The molecule has 2 heterocycles. The van der Waals surface area contributed by atoms with Crippen LogP contribution in [0.15, 0.2) is 51.7 Å². The van der Waals surface area contributed by atoms with Gasteiger partial charge < -0.3 is 5.32 Å². The molecule has 0 bridgehead atoms. The van der Waals surface area contributed by atoms with E-state index in [1.54, 1.807) is 13.1 Å². The van der Waals surface area contributed by atoms with Crippen LogP contribution in [0.2, 0.25) is 0 Å². The zero-order valence-electron chi connectivity index (χ0n) is 14.9. The number of thioether (sulfide) groups is 1. The average molecular weight is 388 g/mol. The molecule has 0 fully saturated rings. The molecule has 1 atom stereocenters. The highest BCUT2D eigenvalue weighted by Gasteiger charge is 2.19. The van der Waals surface area contributed by atoms with Crippen LogP contribution in [0.4, 0.5) is 0 Å². The molecule has 2 aromatic heterocycles. The van der Waals surface area contributed by atoms with Crippen molar-refractivity contribution in [1.82, 2.24) is 14.9 Å². The van der Waals surface area contributed by atoms with E-state index >= 15 is 0 Å². The van der Waals surface area contributed by atoms with Gasteiger partial charge in [0.25, 0.3) is 5.56 Å². The van der Waals surface area contributed by atoms with Crippen molar-refractivity contribution < 1.29 is 4.79 Å². The molecule has 1 aromatic carbocycles. The van der Waals surface area contributed by atoms with Crippen molar-refractivity contribution in [3.05, 3.63) is 57.7 Å². The second-order valence-electron chi connectivity index (χ2n) is 6.39. The number of nitrogens with one attached hydrogen (secondary N) is 1. The normalized spacial score (nSPS) is 12.5. The topological polar surface area (TPSA) is 64.0 Å². The summed E-state index contributed by atoms with van der Waals surface area (Å²) in [6, 6.07) is 11.7. The fraction of sp³-hybridized carbons (Fsp3) is 0.316. The van der Waals surface area contributed by atoms with Gasteiger partial charge in [0.1, 0.15) is 4.83 Å². The van der Waals surface area contributed by atoms with E-state index < -0.39 is 0 Å². The molecule has 0 radical (unpaired) electrons. The van der Waals surface area contributed by atoms with Crippen LogP contribution in [-0.4, -0.2) is 21.2 Å². The van der Waals surface area contributed by atoms with Gasteiger partial charge in [-0.1, -0.05) is 55.9 Å². The molecule has 0 aliphatic heterocycles. The molecule has 0 saturated heterocycles. The minimum absolute atomic E-state index is 0.0409. The molecule has 3 aromatic rings. The Kier molecular flexibility index (Phi) is 5.78.